The molecule has 0 unspecified atom stereocenters. The molecule has 8 N–H and O–H groups in total. The van der Waals surface area contributed by atoms with Gasteiger partial charge < -0.3 is 31.5 Å². The lowest BCUT2D eigenvalue weighted by Crippen LogP contribution is -2.20. The van der Waals surface area contributed by atoms with Crippen molar-refractivity contribution in [3.8, 4) is 11.5 Å². The lowest BCUT2D eigenvalue weighted by Gasteiger charge is -2.12. The Labute approximate surface area is 295 Å². The van der Waals surface area contributed by atoms with E-state index in [2.05, 4.69) is 21.3 Å². The van der Waals surface area contributed by atoms with Gasteiger partial charge in [0, 0.05) is 33.3 Å². The summed E-state index contributed by atoms with van der Waals surface area (Å²) in [5.41, 5.74) is 1.21. The van der Waals surface area contributed by atoms with E-state index in [9.17, 15) is 50.5 Å². The van der Waals surface area contributed by atoms with Gasteiger partial charge in [0.15, 0.2) is 0 Å². The van der Waals surface area contributed by atoms with Crippen LogP contribution in [0.1, 0.15) is 20.7 Å². The Kier molecular flexibility index (Phi) is 9.26. The average Bonchev–Trinajstić information content (AvgIpc) is 3.10. The van der Waals surface area contributed by atoms with Crippen LogP contribution in [0.15, 0.2) is 119 Å². The Morgan fingerprint density at radius 3 is 1.17 bits per heavy atom. The van der Waals surface area contributed by atoms with E-state index in [-0.39, 0.29) is 54.6 Å². The molecule has 6 aromatic rings. The molecule has 0 saturated carbocycles. The van der Waals surface area contributed by atoms with Crippen molar-refractivity contribution in [2.24, 2.45) is 0 Å². The van der Waals surface area contributed by atoms with Gasteiger partial charge in [0.05, 0.1) is 21.2 Å². The van der Waals surface area contributed by atoms with Gasteiger partial charge in [-0.2, -0.15) is 16.8 Å². The Bertz CT molecular complexity index is 2460. The monoisotopic (exact) mass is 742 g/mol. The van der Waals surface area contributed by atoms with Gasteiger partial charge in [0.25, 0.3) is 32.1 Å². The molecule has 0 aliphatic carbocycles. The quantitative estimate of drug-likeness (QED) is 0.0659. The molecule has 0 fully saturated rings. The highest BCUT2D eigenvalue weighted by molar-refractivity contribution is 7.86. The van der Waals surface area contributed by atoms with E-state index in [1.807, 2.05) is 0 Å². The first-order chi connectivity index (χ1) is 24.6. The number of hydrogen-bond donors (Lipinski definition) is 8. The summed E-state index contributed by atoms with van der Waals surface area (Å²) >= 11 is 0. The Balaban J connectivity index is 1.04. The average molecular weight is 743 g/mol. The maximum Gasteiger partial charge on any atom is 0.323 e. The first-order valence-corrected chi connectivity index (χ1v) is 17.8. The van der Waals surface area contributed by atoms with Crippen LogP contribution in [0.25, 0.3) is 21.5 Å². The summed E-state index contributed by atoms with van der Waals surface area (Å²) in [6.45, 7) is 0. The third-order valence-corrected chi connectivity index (χ3v) is 9.53. The number of nitrogens with one attached hydrogen (secondary N) is 4. The molecule has 17 heteroatoms. The SMILES string of the molecule is O=C(Nc1ccc(C(=O)Nc2ccc3cc(S(=O)(=O)O)ccc3c2O)cc1)Nc1ccc(C(=O)Nc2ccc3cc(S(=O)(=O)O)ccc3c2O)cc1. The Hall–Kier alpha value is -6.53. The van der Waals surface area contributed by atoms with Gasteiger partial charge in [-0.1, -0.05) is 12.1 Å². The largest absolute Gasteiger partial charge is 0.505 e. The Morgan fingerprint density at radius 1 is 0.462 bits per heavy atom. The molecule has 264 valence electrons. The van der Waals surface area contributed by atoms with Crippen LogP contribution in [0.5, 0.6) is 11.5 Å². The predicted molar refractivity (Wildman–Crippen MR) is 192 cm³/mol. The predicted octanol–water partition coefficient (Wildman–Crippen LogP) is 6.05. The number of rotatable bonds is 8. The van der Waals surface area contributed by atoms with E-state index < -0.39 is 38.1 Å². The number of carbonyl (C=O) groups excluding carboxylic acids is 3. The molecule has 52 heavy (non-hydrogen) atoms. The van der Waals surface area contributed by atoms with Gasteiger partial charge in [-0.15, -0.1) is 0 Å². The van der Waals surface area contributed by atoms with Crippen molar-refractivity contribution in [2.45, 2.75) is 9.79 Å². The van der Waals surface area contributed by atoms with Crippen molar-refractivity contribution in [3.63, 3.8) is 0 Å². The van der Waals surface area contributed by atoms with E-state index in [1.54, 1.807) is 0 Å². The zero-order valence-corrected chi connectivity index (χ0v) is 28.0. The van der Waals surface area contributed by atoms with Gasteiger partial charge in [0.2, 0.25) is 0 Å². The number of anilines is 4. The van der Waals surface area contributed by atoms with E-state index in [0.29, 0.717) is 22.1 Å². The number of hydrogen-bond acceptors (Lipinski definition) is 9. The van der Waals surface area contributed by atoms with Crippen LogP contribution in [-0.4, -0.2) is 54.0 Å². The number of urea groups is 1. The summed E-state index contributed by atoms with van der Waals surface area (Å²) in [4.78, 5) is 37.6. The number of benzene rings is 6. The fourth-order valence-electron chi connectivity index (χ4n) is 5.20. The molecule has 0 heterocycles. The molecule has 6 aromatic carbocycles. The molecule has 0 spiro atoms. The van der Waals surface area contributed by atoms with Crippen molar-refractivity contribution in [1.82, 2.24) is 0 Å². The minimum atomic E-state index is -4.44. The normalized spacial score (nSPS) is 11.6. The van der Waals surface area contributed by atoms with E-state index in [1.165, 1.54) is 97.1 Å². The minimum Gasteiger partial charge on any atom is -0.505 e. The fourth-order valence-corrected chi connectivity index (χ4v) is 6.23. The smallest absolute Gasteiger partial charge is 0.323 e. The zero-order chi connectivity index (χ0) is 37.4. The van der Waals surface area contributed by atoms with Crippen LogP contribution in [0.4, 0.5) is 27.5 Å². The molecule has 0 aromatic heterocycles. The van der Waals surface area contributed by atoms with Crippen LogP contribution >= 0.6 is 0 Å². The summed E-state index contributed by atoms with van der Waals surface area (Å²) in [5.74, 6) is -1.76. The van der Waals surface area contributed by atoms with Crippen LogP contribution in [0, 0.1) is 0 Å². The molecular formula is C35H26N4O11S2. The van der Waals surface area contributed by atoms with Crippen LogP contribution in [0.2, 0.25) is 0 Å². The number of phenols is 2. The lowest BCUT2D eigenvalue weighted by molar-refractivity contribution is 0.101. The van der Waals surface area contributed by atoms with Gasteiger partial charge in [-0.3, -0.25) is 18.7 Å². The molecular weight excluding hydrogens is 717 g/mol. The number of phenolic OH excluding ortho intramolecular Hbond substituents is 2. The molecule has 6 rings (SSSR count). The zero-order valence-electron chi connectivity index (χ0n) is 26.4. The van der Waals surface area contributed by atoms with Gasteiger partial charge in [-0.05, 0) is 108 Å². The maximum absolute atomic E-state index is 12.8. The van der Waals surface area contributed by atoms with Gasteiger partial charge >= 0.3 is 6.03 Å². The molecule has 0 aliphatic heterocycles. The fraction of sp³-hybridized carbons (Fsp3) is 0. The summed E-state index contributed by atoms with van der Waals surface area (Å²) in [6.07, 6.45) is 0. The second-order valence-electron chi connectivity index (χ2n) is 11.3. The van der Waals surface area contributed by atoms with Crippen molar-refractivity contribution < 1.29 is 50.5 Å². The first kappa shape index (κ1) is 35.3. The third kappa shape index (κ3) is 7.62. The van der Waals surface area contributed by atoms with E-state index >= 15 is 0 Å². The number of amides is 4. The summed E-state index contributed by atoms with van der Waals surface area (Å²) < 4.78 is 64.1. The molecule has 0 radical (unpaired) electrons. The Morgan fingerprint density at radius 2 is 0.827 bits per heavy atom. The van der Waals surface area contributed by atoms with Crippen LogP contribution in [-0.2, 0) is 20.2 Å². The van der Waals surface area contributed by atoms with Crippen molar-refractivity contribution in [1.29, 1.82) is 0 Å². The van der Waals surface area contributed by atoms with Crippen LogP contribution < -0.4 is 21.3 Å². The molecule has 15 nitrogen and oxygen atoms in total. The summed E-state index contributed by atoms with van der Waals surface area (Å²) in [5, 5.41) is 32.8. The van der Waals surface area contributed by atoms with Gasteiger partial charge in [0.1, 0.15) is 11.5 Å². The molecule has 0 bridgehead atoms. The molecule has 0 aliphatic rings. The molecule has 4 amide bonds. The maximum atomic E-state index is 12.8. The van der Waals surface area contributed by atoms with E-state index in [0.717, 1.165) is 12.1 Å². The number of carbonyl (C=O) groups is 3. The topological polar surface area (TPSA) is 249 Å². The molecule has 0 atom stereocenters. The van der Waals surface area contributed by atoms with Gasteiger partial charge in [-0.25, -0.2) is 4.79 Å². The highest BCUT2D eigenvalue weighted by Gasteiger charge is 2.17. The first-order valence-electron chi connectivity index (χ1n) is 14.9. The lowest BCUT2D eigenvalue weighted by atomic mass is 10.1. The van der Waals surface area contributed by atoms with Crippen molar-refractivity contribution in [2.75, 3.05) is 21.3 Å². The highest BCUT2D eigenvalue weighted by atomic mass is 32.2. The van der Waals surface area contributed by atoms with Crippen molar-refractivity contribution >= 4 is 82.4 Å². The standard InChI is InChI=1S/C35H26N4O11S2/c40-31-27-13-11-25(51(45,46)47)17-21(27)5-15-29(31)38-33(42)19-1-7-23(8-2-19)36-35(44)37-24-9-3-20(4-10-24)34(43)39-30-16-6-22-18-26(52(48,49)50)12-14-28(22)32(30)41/h1-18,40-41H,(H,38,42)(H,39,43)(H2,36,37,44)(H,45,46,47)(H,48,49,50). The highest BCUT2D eigenvalue weighted by Crippen LogP contribution is 2.35. The molecule has 0 saturated heterocycles. The minimum absolute atomic E-state index is 0.0631. The number of fused-ring (bicyclic) bond motifs is 2. The van der Waals surface area contributed by atoms with Crippen LogP contribution in [0.3, 0.4) is 0 Å². The third-order valence-electron chi connectivity index (χ3n) is 7.83. The number of aromatic hydroxyl groups is 2. The summed E-state index contributed by atoms with van der Waals surface area (Å²) in [6, 6.07) is 24.0. The second-order valence-corrected chi connectivity index (χ2v) is 14.1. The summed E-state index contributed by atoms with van der Waals surface area (Å²) in [7, 11) is -8.88. The van der Waals surface area contributed by atoms with Crippen molar-refractivity contribution in [3.05, 3.63) is 120 Å². The van der Waals surface area contributed by atoms with E-state index in [4.69, 9.17) is 0 Å². The second kappa shape index (κ2) is 13.6.